The van der Waals surface area contributed by atoms with Gasteiger partial charge in [0.25, 0.3) is 5.69 Å². The second-order valence-corrected chi connectivity index (χ2v) is 4.60. The van der Waals surface area contributed by atoms with Crippen molar-refractivity contribution in [3.63, 3.8) is 0 Å². The molecule has 0 spiro atoms. The van der Waals surface area contributed by atoms with Crippen molar-refractivity contribution in [2.45, 2.75) is 6.42 Å². The van der Waals surface area contributed by atoms with Crippen molar-refractivity contribution in [3.05, 3.63) is 51.2 Å². The minimum absolute atomic E-state index is 0.0632. The first-order chi connectivity index (χ1) is 9.13. The van der Waals surface area contributed by atoms with Gasteiger partial charge in [-0.05, 0) is 23.8 Å². The summed E-state index contributed by atoms with van der Waals surface area (Å²) in [6.45, 7) is 0.669. The molecule has 2 aromatic rings. The molecular formula is C13H9ClN2O3. The maximum Gasteiger partial charge on any atom is 0.274 e. The summed E-state index contributed by atoms with van der Waals surface area (Å²) in [4.78, 5) is 14.5. The zero-order valence-electron chi connectivity index (χ0n) is 9.80. The number of nitrogens with zero attached hydrogens (tertiary/aromatic N) is 2. The van der Waals surface area contributed by atoms with E-state index in [0.717, 1.165) is 23.3 Å². The fourth-order valence-corrected chi connectivity index (χ4v) is 2.29. The molecular weight excluding hydrogens is 268 g/mol. The summed E-state index contributed by atoms with van der Waals surface area (Å²) in [5.41, 5.74) is 2.32. The monoisotopic (exact) mass is 276 g/mol. The van der Waals surface area contributed by atoms with E-state index in [0.29, 0.717) is 12.3 Å². The number of nitro groups is 1. The topological polar surface area (TPSA) is 65.3 Å². The normalized spacial score (nSPS) is 12.9. The number of hydrogen-bond donors (Lipinski definition) is 0. The minimum atomic E-state index is -0.479. The van der Waals surface area contributed by atoms with Crippen LogP contribution in [0.3, 0.4) is 0 Å². The van der Waals surface area contributed by atoms with Crippen molar-refractivity contribution in [2.75, 3.05) is 6.61 Å². The summed E-state index contributed by atoms with van der Waals surface area (Å²) >= 11 is 5.82. The van der Waals surface area contributed by atoms with Crippen molar-refractivity contribution in [2.24, 2.45) is 0 Å². The Morgan fingerprint density at radius 1 is 1.32 bits per heavy atom. The zero-order chi connectivity index (χ0) is 13.4. The van der Waals surface area contributed by atoms with Crippen LogP contribution < -0.4 is 4.74 Å². The Morgan fingerprint density at radius 3 is 2.95 bits per heavy atom. The van der Waals surface area contributed by atoms with Crippen LogP contribution in [-0.2, 0) is 6.42 Å². The third-order valence-corrected chi connectivity index (χ3v) is 3.17. The molecule has 6 heteroatoms. The standard InChI is InChI=1S/C13H9ClN2O3/c14-13-7-10(16(17)18)6-11(15-13)8-1-2-12-9(5-8)3-4-19-12/h1-2,5-7H,3-4H2. The number of rotatable bonds is 2. The molecule has 0 radical (unpaired) electrons. The Morgan fingerprint density at radius 2 is 2.16 bits per heavy atom. The Hall–Kier alpha value is -2.14. The second-order valence-electron chi connectivity index (χ2n) is 4.21. The van der Waals surface area contributed by atoms with Crippen molar-refractivity contribution in [3.8, 4) is 17.0 Å². The number of ether oxygens (including phenoxy) is 1. The van der Waals surface area contributed by atoms with Gasteiger partial charge in [-0.15, -0.1) is 0 Å². The SMILES string of the molecule is O=[N+]([O-])c1cc(Cl)nc(-c2ccc3c(c2)CCO3)c1. The van der Waals surface area contributed by atoms with Gasteiger partial charge < -0.3 is 4.74 Å². The van der Waals surface area contributed by atoms with Gasteiger partial charge >= 0.3 is 0 Å². The van der Waals surface area contributed by atoms with Gasteiger partial charge in [0, 0.05) is 18.1 Å². The van der Waals surface area contributed by atoms with Gasteiger partial charge in [0.15, 0.2) is 0 Å². The number of aromatic nitrogens is 1. The fraction of sp³-hybridized carbons (Fsp3) is 0.154. The van der Waals surface area contributed by atoms with Crippen molar-refractivity contribution in [1.29, 1.82) is 0 Å². The molecule has 0 saturated carbocycles. The van der Waals surface area contributed by atoms with Crippen LogP contribution in [0.4, 0.5) is 5.69 Å². The van der Waals surface area contributed by atoms with Gasteiger partial charge in [-0.3, -0.25) is 10.1 Å². The van der Waals surface area contributed by atoms with Gasteiger partial charge in [0.05, 0.1) is 23.3 Å². The lowest BCUT2D eigenvalue weighted by molar-refractivity contribution is -0.384. The number of pyridine rings is 1. The summed E-state index contributed by atoms with van der Waals surface area (Å²) in [7, 11) is 0. The Labute approximate surface area is 114 Å². The van der Waals surface area contributed by atoms with Gasteiger partial charge in [-0.2, -0.15) is 0 Å². The van der Waals surface area contributed by atoms with Gasteiger partial charge in [0.2, 0.25) is 0 Å². The van der Waals surface area contributed by atoms with E-state index in [2.05, 4.69) is 4.98 Å². The van der Waals surface area contributed by atoms with E-state index >= 15 is 0 Å². The molecule has 19 heavy (non-hydrogen) atoms. The number of fused-ring (bicyclic) bond motifs is 1. The maximum atomic E-state index is 10.8. The van der Waals surface area contributed by atoms with E-state index in [1.54, 1.807) is 0 Å². The van der Waals surface area contributed by atoms with E-state index in [-0.39, 0.29) is 10.8 Å². The summed E-state index contributed by atoms with van der Waals surface area (Å²) in [5, 5.41) is 10.9. The van der Waals surface area contributed by atoms with E-state index in [1.807, 2.05) is 18.2 Å². The molecule has 0 atom stereocenters. The summed E-state index contributed by atoms with van der Waals surface area (Å²) in [5.74, 6) is 0.861. The van der Waals surface area contributed by atoms with Crippen LogP contribution in [0.5, 0.6) is 5.75 Å². The summed E-state index contributed by atoms with van der Waals surface area (Å²) in [6, 6.07) is 8.27. The van der Waals surface area contributed by atoms with Crippen molar-refractivity contribution in [1.82, 2.24) is 4.98 Å². The maximum absolute atomic E-state index is 10.8. The van der Waals surface area contributed by atoms with E-state index in [1.165, 1.54) is 12.1 Å². The molecule has 1 aliphatic rings. The van der Waals surface area contributed by atoms with Crippen LogP contribution >= 0.6 is 11.6 Å². The molecule has 3 rings (SSSR count). The highest BCUT2D eigenvalue weighted by molar-refractivity contribution is 6.29. The van der Waals surface area contributed by atoms with Crippen LogP contribution in [0.1, 0.15) is 5.56 Å². The Balaban J connectivity index is 2.09. The predicted octanol–water partition coefficient (Wildman–Crippen LogP) is 3.25. The molecule has 0 N–H and O–H groups in total. The third kappa shape index (κ3) is 2.24. The van der Waals surface area contributed by atoms with Crippen LogP contribution in [-0.4, -0.2) is 16.5 Å². The van der Waals surface area contributed by atoms with Gasteiger partial charge in [0.1, 0.15) is 10.9 Å². The first kappa shape index (κ1) is 11.9. The van der Waals surface area contributed by atoms with Crippen LogP contribution in [0.2, 0.25) is 5.15 Å². The van der Waals surface area contributed by atoms with Crippen LogP contribution in [0.25, 0.3) is 11.3 Å². The predicted molar refractivity (Wildman–Crippen MR) is 70.5 cm³/mol. The fourth-order valence-electron chi connectivity index (χ4n) is 2.08. The average molecular weight is 277 g/mol. The highest BCUT2D eigenvalue weighted by Gasteiger charge is 2.15. The Kier molecular flexibility index (Phi) is 2.83. The molecule has 2 heterocycles. The molecule has 0 aliphatic carbocycles. The van der Waals surface area contributed by atoms with E-state index < -0.39 is 4.92 Å². The second kappa shape index (κ2) is 4.51. The molecule has 0 unspecified atom stereocenters. The molecule has 1 aromatic carbocycles. The van der Waals surface area contributed by atoms with Crippen LogP contribution in [0, 0.1) is 10.1 Å². The minimum Gasteiger partial charge on any atom is -0.493 e. The molecule has 0 amide bonds. The van der Waals surface area contributed by atoms with Crippen molar-refractivity contribution < 1.29 is 9.66 Å². The van der Waals surface area contributed by atoms with Gasteiger partial charge in [-0.1, -0.05) is 11.6 Å². The van der Waals surface area contributed by atoms with E-state index in [9.17, 15) is 10.1 Å². The first-order valence-corrected chi connectivity index (χ1v) is 6.09. The first-order valence-electron chi connectivity index (χ1n) is 5.71. The lowest BCUT2D eigenvalue weighted by Gasteiger charge is -2.04. The number of hydrogen-bond acceptors (Lipinski definition) is 4. The lowest BCUT2D eigenvalue weighted by atomic mass is 10.1. The molecule has 96 valence electrons. The quantitative estimate of drug-likeness (QED) is 0.480. The third-order valence-electron chi connectivity index (χ3n) is 2.97. The molecule has 0 bridgehead atoms. The highest BCUT2D eigenvalue weighted by atomic mass is 35.5. The largest absolute Gasteiger partial charge is 0.493 e. The number of halogens is 1. The molecule has 1 aromatic heterocycles. The van der Waals surface area contributed by atoms with Crippen molar-refractivity contribution >= 4 is 17.3 Å². The average Bonchev–Trinajstić information content (AvgIpc) is 2.85. The molecule has 1 aliphatic heterocycles. The zero-order valence-corrected chi connectivity index (χ0v) is 10.6. The smallest absolute Gasteiger partial charge is 0.274 e. The number of benzene rings is 1. The molecule has 0 fully saturated rings. The summed E-state index contributed by atoms with van der Waals surface area (Å²) in [6.07, 6.45) is 0.839. The van der Waals surface area contributed by atoms with Gasteiger partial charge in [-0.25, -0.2) is 4.98 Å². The molecule has 5 nitrogen and oxygen atoms in total. The lowest BCUT2D eigenvalue weighted by Crippen LogP contribution is -1.92. The van der Waals surface area contributed by atoms with E-state index in [4.69, 9.17) is 16.3 Å². The highest BCUT2D eigenvalue weighted by Crippen LogP contribution is 2.31. The van der Waals surface area contributed by atoms with Crippen LogP contribution in [0.15, 0.2) is 30.3 Å². The molecule has 0 saturated heterocycles. The summed E-state index contributed by atoms with van der Waals surface area (Å²) < 4.78 is 5.42. The Bertz CT molecular complexity index is 673.